The standard InChI is InChI=1S/C13H13Cl2NO2/c14-9-6-10(15)13(18)11(7-9)16-12(17)5-8-3-1-2-4-8/h1,3,6-8,18H,2,4-5H2,(H,16,17). The van der Waals surface area contributed by atoms with Crippen LogP contribution in [0.3, 0.4) is 0 Å². The van der Waals surface area contributed by atoms with Gasteiger partial charge in [0, 0.05) is 11.4 Å². The zero-order chi connectivity index (χ0) is 13.1. The molecule has 18 heavy (non-hydrogen) atoms. The van der Waals surface area contributed by atoms with E-state index in [0.717, 1.165) is 12.8 Å². The highest BCUT2D eigenvalue weighted by Crippen LogP contribution is 2.35. The Morgan fingerprint density at radius 1 is 1.44 bits per heavy atom. The summed E-state index contributed by atoms with van der Waals surface area (Å²) in [7, 11) is 0. The Morgan fingerprint density at radius 2 is 2.22 bits per heavy atom. The van der Waals surface area contributed by atoms with Crippen molar-refractivity contribution in [3.05, 3.63) is 34.3 Å². The summed E-state index contributed by atoms with van der Waals surface area (Å²) in [4.78, 5) is 11.8. The number of carbonyl (C=O) groups excluding carboxylic acids is 1. The lowest BCUT2D eigenvalue weighted by Gasteiger charge is -2.11. The van der Waals surface area contributed by atoms with Crippen molar-refractivity contribution in [2.45, 2.75) is 19.3 Å². The van der Waals surface area contributed by atoms with E-state index in [0.29, 0.717) is 11.4 Å². The molecule has 0 bridgehead atoms. The van der Waals surface area contributed by atoms with E-state index in [-0.39, 0.29) is 28.3 Å². The lowest BCUT2D eigenvalue weighted by molar-refractivity contribution is -0.116. The second-order valence-electron chi connectivity index (χ2n) is 4.30. The summed E-state index contributed by atoms with van der Waals surface area (Å²) in [6.07, 6.45) is 6.54. The van der Waals surface area contributed by atoms with Gasteiger partial charge in [0.2, 0.25) is 5.91 Å². The molecule has 0 spiro atoms. The Hall–Kier alpha value is -1.19. The summed E-state index contributed by atoms with van der Waals surface area (Å²) in [6.45, 7) is 0. The average molecular weight is 286 g/mol. The third kappa shape index (κ3) is 3.18. The van der Waals surface area contributed by atoms with Gasteiger partial charge in [-0.05, 0) is 30.9 Å². The fraction of sp³-hybridized carbons (Fsp3) is 0.308. The Balaban J connectivity index is 2.04. The zero-order valence-corrected chi connectivity index (χ0v) is 11.1. The molecule has 0 saturated carbocycles. The SMILES string of the molecule is O=C(CC1C=CCC1)Nc1cc(Cl)cc(Cl)c1O. The van der Waals surface area contributed by atoms with Crippen LogP contribution in [0.4, 0.5) is 5.69 Å². The molecule has 1 aliphatic carbocycles. The molecule has 0 heterocycles. The molecule has 0 radical (unpaired) electrons. The lowest BCUT2D eigenvalue weighted by Crippen LogP contribution is -2.14. The second kappa shape index (κ2) is 5.63. The number of rotatable bonds is 3. The Bertz CT molecular complexity index is 500. The Kier molecular flexibility index (Phi) is 4.15. The maximum atomic E-state index is 11.8. The maximum Gasteiger partial charge on any atom is 0.225 e. The van der Waals surface area contributed by atoms with Gasteiger partial charge < -0.3 is 10.4 Å². The van der Waals surface area contributed by atoms with Crippen LogP contribution in [0.2, 0.25) is 10.0 Å². The number of halogens is 2. The molecule has 1 amide bonds. The number of phenolic OH excluding ortho intramolecular Hbond substituents is 1. The van der Waals surface area contributed by atoms with Crippen molar-refractivity contribution in [1.82, 2.24) is 0 Å². The third-order valence-electron chi connectivity index (χ3n) is 2.86. The molecule has 1 unspecified atom stereocenters. The van der Waals surface area contributed by atoms with Crippen LogP contribution >= 0.6 is 23.2 Å². The van der Waals surface area contributed by atoms with Crippen LogP contribution < -0.4 is 5.32 Å². The van der Waals surface area contributed by atoms with Gasteiger partial charge in [0.1, 0.15) is 0 Å². The molecular weight excluding hydrogens is 273 g/mol. The van der Waals surface area contributed by atoms with Gasteiger partial charge >= 0.3 is 0 Å². The molecular formula is C13H13Cl2NO2. The number of hydrogen-bond acceptors (Lipinski definition) is 2. The van der Waals surface area contributed by atoms with Crippen LogP contribution in [-0.2, 0) is 4.79 Å². The number of anilines is 1. The zero-order valence-electron chi connectivity index (χ0n) is 9.62. The van der Waals surface area contributed by atoms with Gasteiger partial charge in [0.15, 0.2) is 5.75 Å². The van der Waals surface area contributed by atoms with Gasteiger partial charge in [-0.1, -0.05) is 35.4 Å². The molecule has 1 aliphatic rings. The first-order chi connectivity index (χ1) is 8.56. The number of amides is 1. The molecule has 2 N–H and O–H groups in total. The number of hydrogen-bond donors (Lipinski definition) is 2. The highest BCUT2D eigenvalue weighted by atomic mass is 35.5. The number of carbonyl (C=O) groups is 1. The number of phenols is 1. The molecule has 1 atom stereocenters. The molecule has 0 aliphatic heterocycles. The maximum absolute atomic E-state index is 11.8. The first-order valence-electron chi connectivity index (χ1n) is 5.71. The minimum atomic E-state index is -0.156. The molecule has 96 valence electrons. The van der Waals surface area contributed by atoms with Crippen molar-refractivity contribution >= 4 is 34.8 Å². The van der Waals surface area contributed by atoms with E-state index in [9.17, 15) is 9.90 Å². The van der Waals surface area contributed by atoms with E-state index in [1.54, 1.807) is 0 Å². The summed E-state index contributed by atoms with van der Waals surface area (Å²) in [6, 6.07) is 2.90. The molecule has 0 fully saturated rings. The number of aromatic hydroxyl groups is 1. The van der Waals surface area contributed by atoms with Gasteiger partial charge in [-0.15, -0.1) is 0 Å². The number of allylic oxidation sites excluding steroid dienone is 2. The van der Waals surface area contributed by atoms with Crippen LogP contribution in [0.1, 0.15) is 19.3 Å². The molecule has 2 rings (SSSR count). The predicted octanol–water partition coefficient (Wildman–Crippen LogP) is 3.99. The molecule has 1 aromatic rings. The van der Waals surface area contributed by atoms with Crippen molar-refractivity contribution < 1.29 is 9.90 Å². The molecule has 1 aromatic carbocycles. The predicted molar refractivity (Wildman–Crippen MR) is 73.2 cm³/mol. The monoisotopic (exact) mass is 285 g/mol. The summed E-state index contributed by atoms with van der Waals surface area (Å²) in [5.41, 5.74) is 0.250. The van der Waals surface area contributed by atoms with Gasteiger partial charge in [0.25, 0.3) is 0 Å². The van der Waals surface area contributed by atoms with Crippen molar-refractivity contribution in [3.8, 4) is 5.75 Å². The van der Waals surface area contributed by atoms with Crippen molar-refractivity contribution in [2.75, 3.05) is 5.32 Å². The third-order valence-corrected chi connectivity index (χ3v) is 3.37. The van der Waals surface area contributed by atoms with E-state index in [2.05, 4.69) is 11.4 Å². The average Bonchev–Trinajstić information content (AvgIpc) is 2.77. The van der Waals surface area contributed by atoms with Crippen molar-refractivity contribution in [3.63, 3.8) is 0 Å². The normalized spacial score (nSPS) is 18.0. The lowest BCUT2D eigenvalue weighted by atomic mass is 10.1. The van der Waals surface area contributed by atoms with Crippen molar-refractivity contribution in [2.24, 2.45) is 5.92 Å². The van der Waals surface area contributed by atoms with Gasteiger partial charge in [-0.3, -0.25) is 4.79 Å². The topological polar surface area (TPSA) is 49.3 Å². The van der Waals surface area contributed by atoms with Gasteiger partial charge in [0.05, 0.1) is 10.7 Å². The quantitative estimate of drug-likeness (QED) is 0.652. The van der Waals surface area contributed by atoms with Gasteiger partial charge in [-0.2, -0.15) is 0 Å². The minimum absolute atomic E-state index is 0.124. The highest BCUT2D eigenvalue weighted by Gasteiger charge is 2.16. The molecule has 0 aromatic heterocycles. The molecule has 5 heteroatoms. The Morgan fingerprint density at radius 3 is 2.89 bits per heavy atom. The fourth-order valence-corrected chi connectivity index (χ4v) is 2.46. The number of nitrogens with one attached hydrogen (secondary N) is 1. The van der Waals surface area contributed by atoms with Crippen LogP contribution in [0.5, 0.6) is 5.75 Å². The van der Waals surface area contributed by atoms with Crippen LogP contribution in [0.15, 0.2) is 24.3 Å². The Labute approximate surface area is 115 Å². The fourth-order valence-electron chi connectivity index (χ4n) is 1.97. The summed E-state index contributed by atoms with van der Waals surface area (Å²) >= 11 is 11.6. The van der Waals surface area contributed by atoms with E-state index in [4.69, 9.17) is 23.2 Å². The van der Waals surface area contributed by atoms with Crippen molar-refractivity contribution in [1.29, 1.82) is 0 Å². The summed E-state index contributed by atoms with van der Waals surface area (Å²) in [5, 5.41) is 12.8. The van der Waals surface area contributed by atoms with Crippen LogP contribution in [0, 0.1) is 5.92 Å². The molecule has 3 nitrogen and oxygen atoms in total. The van der Waals surface area contributed by atoms with E-state index < -0.39 is 0 Å². The van der Waals surface area contributed by atoms with Gasteiger partial charge in [-0.25, -0.2) is 0 Å². The second-order valence-corrected chi connectivity index (χ2v) is 5.15. The minimum Gasteiger partial charge on any atom is -0.504 e. The first-order valence-corrected chi connectivity index (χ1v) is 6.46. The van der Waals surface area contributed by atoms with E-state index >= 15 is 0 Å². The van der Waals surface area contributed by atoms with Crippen LogP contribution in [-0.4, -0.2) is 11.0 Å². The van der Waals surface area contributed by atoms with Crippen LogP contribution in [0.25, 0.3) is 0 Å². The molecule has 0 saturated heterocycles. The van der Waals surface area contributed by atoms with E-state index in [1.165, 1.54) is 12.1 Å². The first kappa shape index (κ1) is 13.2. The summed E-state index contributed by atoms with van der Waals surface area (Å²) in [5.74, 6) is -0.0293. The van der Waals surface area contributed by atoms with E-state index in [1.807, 2.05) is 6.08 Å². The summed E-state index contributed by atoms with van der Waals surface area (Å²) < 4.78 is 0. The smallest absolute Gasteiger partial charge is 0.225 e. The largest absolute Gasteiger partial charge is 0.504 e. The number of benzene rings is 1. The highest BCUT2D eigenvalue weighted by molar-refractivity contribution is 6.36.